The maximum atomic E-state index is 12.5. The quantitative estimate of drug-likeness (QED) is 0.134. The second kappa shape index (κ2) is 12.6. The minimum Gasteiger partial charge on any atom is -0.493 e. The first-order valence-corrected chi connectivity index (χ1v) is 11.9. The third kappa shape index (κ3) is 7.16. The van der Waals surface area contributed by atoms with E-state index in [1.165, 1.54) is 47.7 Å². The molecule has 0 N–H and O–H groups in total. The van der Waals surface area contributed by atoms with Crippen LogP contribution in [0, 0.1) is 16.0 Å². The SMILES string of the molecule is COc1cc(C(OC(=O)CCCC[Si](OC)(OC)OC)C(C)C)c([N+](=O)[O-])cc1OC. The fourth-order valence-electron chi connectivity index (χ4n) is 3.20. The summed E-state index contributed by atoms with van der Waals surface area (Å²) >= 11 is 0. The molecule has 0 heterocycles. The maximum absolute atomic E-state index is 12.5. The third-order valence-corrected chi connectivity index (χ3v) is 7.78. The molecule has 0 radical (unpaired) electrons. The van der Waals surface area contributed by atoms with Gasteiger partial charge in [-0.1, -0.05) is 13.8 Å². The smallest absolute Gasteiger partial charge is 0.493 e. The molecule has 1 aromatic carbocycles. The standard InChI is InChI=1S/C20H33NO9Si/c1-14(2)20(15-12-17(25-3)18(26-4)13-16(15)21(23)24)30-19(22)10-8-9-11-31(27-5,28-6)29-7/h12-14,20H,8-11H2,1-7H3. The summed E-state index contributed by atoms with van der Waals surface area (Å²) in [5.41, 5.74) is 0.0655. The Morgan fingerprint density at radius 2 is 1.55 bits per heavy atom. The van der Waals surface area contributed by atoms with Crippen molar-refractivity contribution in [1.82, 2.24) is 0 Å². The van der Waals surface area contributed by atoms with Crippen LogP contribution in [0.5, 0.6) is 11.5 Å². The van der Waals surface area contributed by atoms with Crippen molar-refractivity contribution >= 4 is 20.5 Å². The second-order valence-corrected chi connectivity index (χ2v) is 10.3. The Morgan fingerprint density at radius 3 is 2.00 bits per heavy atom. The van der Waals surface area contributed by atoms with Crippen LogP contribution in [0.4, 0.5) is 5.69 Å². The molecule has 1 atom stereocenters. The lowest BCUT2D eigenvalue weighted by atomic mass is 9.96. The molecule has 0 fully saturated rings. The van der Waals surface area contributed by atoms with Gasteiger partial charge in [-0.25, -0.2) is 0 Å². The van der Waals surface area contributed by atoms with Crippen molar-refractivity contribution in [2.24, 2.45) is 5.92 Å². The van der Waals surface area contributed by atoms with Crippen LogP contribution in [0.1, 0.15) is 44.8 Å². The number of benzene rings is 1. The molecule has 0 aliphatic carbocycles. The molecule has 0 bridgehead atoms. The molecule has 1 aromatic rings. The van der Waals surface area contributed by atoms with Crippen molar-refractivity contribution in [3.8, 4) is 11.5 Å². The summed E-state index contributed by atoms with van der Waals surface area (Å²) < 4.78 is 32.2. The summed E-state index contributed by atoms with van der Waals surface area (Å²) in [6.45, 7) is 3.65. The van der Waals surface area contributed by atoms with Crippen LogP contribution in [0.15, 0.2) is 12.1 Å². The zero-order valence-electron chi connectivity index (χ0n) is 19.3. The molecule has 176 valence electrons. The molecule has 0 aliphatic rings. The Bertz CT molecular complexity index is 729. The van der Waals surface area contributed by atoms with Crippen LogP contribution in [0.3, 0.4) is 0 Å². The normalized spacial score (nSPS) is 12.5. The van der Waals surface area contributed by atoms with Crippen LogP contribution in [0.25, 0.3) is 0 Å². The predicted molar refractivity (Wildman–Crippen MR) is 115 cm³/mol. The van der Waals surface area contributed by atoms with Crippen LogP contribution in [-0.4, -0.2) is 55.2 Å². The molecule has 1 unspecified atom stereocenters. The fraction of sp³-hybridized carbons (Fsp3) is 0.650. The Kier molecular flexibility index (Phi) is 10.9. The average molecular weight is 460 g/mol. The van der Waals surface area contributed by atoms with Crippen molar-refractivity contribution in [2.45, 2.75) is 45.3 Å². The number of nitro benzene ring substituents is 1. The first-order chi connectivity index (χ1) is 14.7. The summed E-state index contributed by atoms with van der Waals surface area (Å²) in [5.74, 6) is -0.0859. The van der Waals surface area contributed by atoms with Crippen LogP contribution >= 0.6 is 0 Å². The average Bonchev–Trinajstić information content (AvgIpc) is 2.76. The summed E-state index contributed by atoms with van der Waals surface area (Å²) in [6, 6.07) is 3.34. The number of unbranched alkanes of at least 4 members (excludes halogenated alkanes) is 1. The molecular formula is C20H33NO9Si. The number of methoxy groups -OCH3 is 2. The van der Waals surface area contributed by atoms with E-state index in [1.54, 1.807) is 0 Å². The summed E-state index contributed by atoms with van der Waals surface area (Å²) in [7, 11) is 4.77. The second-order valence-electron chi connectivity index (χ2n) is 7.18. The van der Waals surface area contributed by atoms with Crippen molar-refractivity contribution in [2.75, 3.05) is 35.5 Å². The van der Waals surface area contributed by atoms with Gasteiger partial charge < -0.3 is 27.5 Å². The lowest BCUT2D eigenvalue weighted by Gasteiger charge is -2.24. The van der Waals surface area contributed by atoms with Gasteiger partial charge >= 0.3 is 14.8 Å². The number of esters is 1. The Labute approximate surface area is 184 Å². The van der Waals surface area contributed by atoms with Crippen molar-refractivity contribution in [3.05, 3.63) is 27.8 Å². The largest absolute Gasteiger partial charge is 0.500 e. The van der Waals surface area contributed by atoms with Gasteiger partial charge in [0.05, 0.1) is 30.8 Å². The van der Waals surface area contributed by atoms with E-state index in [1.807, 2.05) is 13.8 Å². The highest BCUT2D eigenvalue weighted by atomic mass is 28.4. The minimum atomic E-state index is -2.68. The maximum Gasteiger partial charge on any atom is 0.500 e. The first-order valence-electron chi connectivity index (χ1n) is 9.93. The lowest BCUT2D eigenvalue weighted by Crippen LogP contribution is -2.42. The Morgan fingerprint density at radius 1 is 1.00 bits per heavy atom. The number of rotatable bonds is 14. The van der Waals surface area contributed by atoms with Crippen LogP contribution in [-0.2, 0) is 22.8 Å². The van der Waals surface area contributed by atoms with E-state index in [2.05, 4.69) is 0 Å². The lowest BCUT2D eigenvalue weighted by molar-refractivity contribution is -0.386. The van der Waals surface area contributed by atoms with E-state index in [4.69, 9.17) is 27.5 Å². The topological polar surface area (TPSA) is 116 Å². The van der Waals surface area contributed by atoms with Crippen molar-refractivity contribution in [1.29, 1.82) is 0 Å². The van der Waals surface area contributed by atoms with Gasteiger partial charge in [-0.05, 0) is 24.8 Å². The van der Waals surface area contributed by atoms with E-state index >= 15 is 0 Å². The summed E-state index contributed by atoms with van der Waals surface area (Å²) in [4.78, 5) is 23.6. The van der Waals surface area contributed by atoms with Gasteiger partial charge in [-0.2, -0.15) is 0 Å². The number of hydrogen-bond acceptors (Lipinski definition) is 9. The monoisotopic (exact) mass is 459 g/mol. The molecule has 11 heteroatoms. The number of carbonyl (C=O) groups is 1. The molecule has 0 saturated carbocycles. The van der Waals surface area contributed by atoms with E-state index in [0.29, 0.717) is 24.6 Å². The Balaban J connectivity index is 2.94. The molecule has 0 aromatic heterocycles. The van der Waals surface area contributed by atoms with Crippen LogP contribution in [0.2, 0.25) is 6.04 Å². The highest BCUT2D eigenvalue weighted by molar-refractivity contribution is 6.60. The number of carbonyl (C=O) groups excluding carboxylic acids is 1. The third-order valence-electron chi connectivity index (χ3n) is 4.95. The van der Waals surface area contributed by atoms with Gasteiger partial charge in [0, 0.05) is 33.8 Å². The van der Waals surface area contributed by atoms with Crippen molar-refractivity contribution in [3.63, 3.8) is 0 Å². The van der Waals surface area contributed by atoms with Gasteiger partial charge in [-0.3, -0.25) is 14.9 Å². The van der Waals surface area contributed by atoms with Gasteiger partial charge in [0.25, 0.3) is 5.69 Å². The van der Waals surface area contributed by atoms with E-state index < -0.39 is 25.8 Å². The first kappa shape index (κ1) is 26.8. The highest BCUT2D eigenvalue weighted by Crippen LogP contribution is 2.40. The fourth-order valence-corrected chi connectivity index (χ4v) is 4.99. The number of nitro groups is 1. The van der Waals surface area contributed by atoms with E-state index in [-0.39, 0.29) is 29.3 Å². The molecule has 0 amide bonds. The van der Waals surface area contributed by atoms with Gasteiger partial charge in [-0.15, -0.1) is 0 Å². The number of nitrogens with zero attached hydrogens (tertiary/aromatic N) is 1. The molecule has 0 saturated heterocycles. The van der Waals surface area contributed by atoms with Gasteiger partial charge in [0.2, 0.25) is 0 Å². The van der Waals surface area contributed by atoms with Crippen molar-refractivity contribution < 1.29 is 37.2 Å². The predicted octanol–water partition coefficient (Wildman–Crippen LogP) is 3.90. The molecule has 0 spiro atoms. The molecular weight excluding hydrogens is 426 g/mol. The Hall–Kier alpha value is -2.21. The zero-order valence-corrected chi connectivity index (χ0v) is 20.3. The summed E-state index contributed by atoms with van der Waals surface area (Å²) in [5, 5.41) is 11.6. The van der Waals surface area contributed by atoms with E-state index in [9.17, 15) is 14.9 Å². The zero-order chi connectivity index (χ0) is 23.6. The number of ether oxygens (including phenoxy) is 3. The highest BCUT2D eigenvalue weighted by Gasteiger charge is 2.37. The summed E-state index contributed by atoms with van der Waals surface area (Å²) in [6.07, 6.45) is 0.548. The van der Waals surface area contributed by atoms with E-state index in [0.717, 1.165) is 0 Å². The number of hydrogen-bond donors (Lipinski definition) is 0. The molecule has 10 nitrogen and oxygen atoms in total. The van der Waals surface area contributed by atoms with Crippen LogP contribution < -0.4 is 9.47 Å². The minimum absolute atomic E-state index is 0.159. The van der Waals surface area contributed by atoms with Gasteiger partial charge in [0.1, 0.15) is 6.10 Å². The molecule has 31 heavy (non-hydrogen) atoms. The molecule has 0 aliphatic heterocycles. The van der Waals surface area contributed by atoms with Gasteiger partial charge in [0.15, 0.2) is 11.5 Å². The molecule has 1 rings (SSSR count).